The Bertz CT molecular complexity index is 581. The van der Waals surface area contributed by atoms with E-state index >= 15 is 0 Å². The van der Waals surface area contributed by atoms with Crippen molar-refractivity contribution in [3.8, 4) is 11.5 Å². The minimum absolute atomic E-state index is 0.181. The minimum atomic E-state index is 0.181. The number of hydrogen-bond donors (Lipinski definition) is 2. The number of rotatable bonds is 5. The summed E-state index contributed by atoms with van der Waals surface area (Å²) in [5.41, 5.74) is 3.26. The van der Waals surface area contributed by atoms with E-state index in [9.17, 15) is 0 Å². The Morgan fingerprint density at radius 1 is 1.05 bits per heavy atom. The second-order valence-corrected chi connectivity index (χ2v) is 4.68. The van der Waals surface area contributed by atoms with Gasteiger partial charge in [-0.05, 0) is 30.2 Å². The van der Waals surface area contributed by atoms with Crippen LogP contribution in [0.2, 0.25) is 0 Å². The maximum atomic E-state index is 8.89. The van der Waals surface area contributed by atoms with Crippen LogP contribution in [-0.4, -0.2) is 18.5 Å². The van der Waals surface area contributed by atoms with Crippen LogP contribution in [0.1, 0.15) is 11.1 Å². The summed E-state index contributed by atoms with van der Waals surface area (Å²) in [6, 6.07) is 14.0. The lowest BCUT2D eigenvalue weighted by atomic mass is 10.1. The van der Waals surface area contributed by atoms with Crippen molar-refractivity contribution in [3.05, 3.63) is 53.6 Å². The molecule has 1 aliphatic rings. The fourth-order valence-corrected chi connectivity index (χ4v) is 2.25. The maximum Gasteiger partial charge on any atom is 0.231 e. The van der Waals surface area contributed by atoms with E-state index in [0.717, 1.165) is 28.3 Å². The third kappa shape index (κ3) is 2.70. The van der Waals surface area contributed by atoms with E-state index in [1.54, 1.807) is 0 Å². The first-order valence-electron chi connectivity index (χ1n) is 6.68. The van der Waals surface area contributed by atoms with Crippen LogP contribution in [0.15, 0.2) is 42.5 Å². The predicted molar refractivity (Wildman–Crippen MR) is 77.1 cm³/mol. The molecule has 3 rings (SSSR count). The quantitative estimate of drug-likeness (QED) is 0.877. The zero-order valence-electron chi connectivity index (χ0n) is 11.1. The Kier molecular flexibility index (Phi) is 3.74. The van der Waals surface area contributed by atoms with Gasteiger partial charge in [0.1, 0.15) is 0 Å². The number of anilines is 1. The van der Waals surface area contributed by atoms with Gasteiger partial charge in [-0.25, -0.2) is 0 Å². The van der Waals surface area contributed by atoms with E-state index in [1.807, 2.05) is 42.5 Å². The number of para-hydroxylation sites is 1. The van der Waals surface area contributed by atoms with E-state index in [-0.39, 0.29) is 6.61 Å². The summed E-state index contributed by atoms with van der Waals surface area (Å²) in [6.45, 7) is 1.16. The first-order valence-corrected chi connectivity index (χ1v) is 6.68. The number of hydrogen-bond acceptors (Lipinski definition) is 4. The highest BCUT2D eigenvalue weighted by Crippen LogP contribution is 2.35. The Balaban J connectivity index is 1.66. The van der Waals surface area contributed by atoms with Crippen LogP contribution >= 0.6 is 0 Å². The molecular formula is C16H17NO3. The number of nitrogens with one attached hydrogen (secondary N) is 1. The normalized spacial score (nSPS) is 12.4. The molecule has 2 aromatic carbocycles. The molecule has 4 nitrogen and oxygen atoms in total. The summed E-state index contributed by atoms with van der Waals surface area (Å²) in [4.78, 5) is 0. The molecule has 0 aromatic heterocycles. The van der Waals surface area contributed by atoms with E-state index < -0.39 is 0 Å². The average Bonchev–Trinajstić information content (AvgIpc) is 2.96. The lowest BCUT2D eigenvalue weighted by molar-refractivity contribution is 0.173. The molecule has 4 heteroatoms. The number of aliphatic hydroxyl groups is 1. The van der Waals surface area contributed by atoms with Crippen LogP contribution in [0.25, 0.3) is 0 Å². The van der Waals surface area contributed by atoms with Gasteiger partial charge in [-0.15, -0.1) is 0 Å². The molecule has 0 unspecified atom stereocenters. The van der Waals surface area contributed by atoms with Crippen LogP contribution < -0.4 is 14.8 Å². The highest BCUT2D eigenvalue weighted by atomic mass is 16.7. The van der Waals surface area contributed by atoms with Gasteiger partial charge in [-0.3, -0.25) is 0 Å². The van der Waals surface area contributed by atoms with Gasteiger partial charge in [-0.2, -0.15) is 0 Å². The summed E-state index contributed by atoms with van der Waals surface area (Å²) in [6.07, 6.45) is 0.692. The molecule has 1 heterocycles. The summed E-state index contributed by atoms with van der Waals surface area (Å²) in [7, 11) is 0. The number of aliphatic hydroxyl groups excluding tert-OH is 1. The van der Waals surface area contributed by atoms with Gasteiger partial charge in [0.15, 0.2) is 11.5 Å². The van der Waals surface area contributed by atoms with Crippen molar-refractivity contribution in [2.45, 2.75) is 13.0 Å². The molecular weight excluding hydrogens is 254 g/mol. The lowest BCUT2D eigenvalue weighted by Gasteiger charge is -2.09. The third-order valence-electron chi connectivity index (χ3n) is 3.32. The van der Waals surface area contributed by atoms with Crippen LogP contribution in [-0.2, 0) is 13.0 Å². The van der Waals surface area contributed by atoms with Crippen molar-refractivity contribution in [2.75, 3.05) is 18.7 Å². The minimum Gasteiger partial charge on any atom is -0.454 e. The van der Waals surface area contributed by atoms with E-state index in [1.165, 1.54) is 0 Å². The summed E-state index contributed by atoms with van der Waals surface area (Å²) in [5.74, 6) is 1.64. The van der Waals surface area contributed by atoms with Gasteiger partial charge in [0.2, 0.25) is 6.79 Å². The predicted octanol–water partition coefficient (Wildman–Crippen LogP) is 2.56. The largest absolute Gasteiger partial charge is 0.454 e. The smallest absolute Gasteiger partial charge is 0.231 e. The molecule has 0 atom stereocenters. The van der Waals surface area contributed by atoms with Gasteiger partial charge in [0, 0.05) is 24.4 Å². The standard InChI is InChI=1S/C16H17NO3/c18-9-8-12-4-6-14(7-5-12)17-10-13-2-1-3-15-16(13)20-11-19-15/h1-7,17-18H,8-11H2. The molecule has 0 amide bonds. The van der Waals surface area contributed by atoms with Crippen LogP contribution in [0.4, 0.5) is 5.69 Å². The number of ether oxygens (including phenoxy) is 2. The number of benzene rings is 2. The molecule has 104 valence electrons. The molecule has 0 radical (unpaired) electrons. The Morgan fingerprint density at radius 3 is 2.70 bits per heavy atom. The summed E-state index contributed by atoms with van der Waals surface area (Å²) < 4.78 is 10.8. The van der Waals surface area contributed by atoms with Gasteiger partial charge >= 0.3 is 0 Å². The second-order valence-electron chi connectivity index (χ2n) is 4.68. The summed E-state index contributed by atoms with van der Waals surface area (Å²) in [5, 5.41) is 12.3. The Hall–Kier alpha value is -2.20. The first kappa shape index (κ1) is 12.8. The van der Waals surface area contributed by atoms with Crippen molar-refractivity contribution < 1.29 is 14.6 Å². The van der Waals surface area contributed by atoms with Gasteiger partial charge in [-0.1, -0.05) is 24.3 Å². The van der Waals surface area contributed by atoms with Crippen LogP contribution in [0.3, 0.4) is 0 Å². The topological polar surface area (TPSA) is 50.7 Å². The zero-order chi connectivity index (χ0) is 13.8. The molecule has 2 N–H and O–H groups in total. The molecule has 0 saturated carbocycles. The number of fused-ring (bicyclic) bond motifs is 1. The van der Waals surface area contributed by atoms with Gasteiger partial charge < -0.3 is 19.9 Å². The summed E-state index contributed by atoms with van der Waals surface area (Å²) >= 11 is 0. The molecule has 0 bridgehead atoms. The molecule has 1 aliphatic heterocycles. The molecule has 20 heavy (non-hydrogen) atoms. The van der Waals surface area contributed by atoms with Crippen LogP contribution in [0, 0.1) is 0 Å². The van der Waals surface area contributed by atoms with Crippen molar-refractivity contribution >= 4 is 5.69 Å². The van der Waals surface area contributed by atoms with E-state index in [4.69, 9.17) is 14.6 Å². The van der Waals surface area contributed by atoms with Gasteiger partial charge in [0.25, 0.3) is 0 Å². The highest BCUT2D eigenvalue weighted by molar-refractivity contribution is 5.51. The van der Waals surface area contributed by atoms with Crippen molar-refractivity contribution in [1.82, 2.24) is 0 Å². The average molecular weight is 271 g/mol. The fraction of sp³-hybridized carbons (Fsp3) is 0.250. The monoisotopic (exact) mass is 271 g/mol. The molecule has 2 aromatic rings. The highest BCUT2D eigenvalue weighted by Gasteiger charge is 2.16. The van der Waals surface area contributed by atoms with E-state index in [0.29, 0.717) is 19.8 Å². The van der Waals surface area contributed by atoms with Crippen molar-refractivity contribution in [2.24, 2.45) is 0 Å². The molecule has 0 fully saturated rings. The third-order valence-corrected chi connectivity index (χ3v) is 3.32. The van der Waals surface area contributed by atoms with Crippen LogP contribution in [0.5, 0.6) is 11.5 Å². The lowest BCUT2D eigenvalue weighted by Crippen LogP contribution is -2.01. The molecule has 0 saturated heterocycles. The molecule has 0 spiro atoms. The Labute approximate surface area is 118 Å². The maximum absolute atomic E-state index is 8.89. The van der Waals surface area contributed by atoms with Crippen molar-refractivity contribution in [1.29, 1.82) is 0 Å². The van der Waals surface area contributed by atoms with Crippen molar-refractivity contribution in [3.63, 3.8) is 0 Å². The second kappa shape index (κ2) is 5.84. The molecule has 0 aliphatic carbocycles. The first-order chi connectivity index (χ1) is 9.86. The fourth-order valence-electron chi connectivity index (χ4n) is 2.25. The SMILES string of the molecule is OCCc1ccc(NCc2cccc3c2OCO3)cc1. The Morgan fingerprint density at radius 2 is 1.90 bits per heavy atom. The van der Waals surface area contributed by atoms with E-state index in [2.05, 4.69) is 5.32 Å². The van der Waals surface area contributed by atoms with Gasteiger partial charge in [0.05, 0.1) is 0 Å². The zero-order valence-corrected chi connectivity index (χ0v) is 11.1.